The number of hydrogen-bond acceptors (Lipinski definition) is 4. The number of halogens is 1. The fraction of sp³-hybridized carbons (Fsp3) is 0.462. The van der Waals surface area contributed by atoms with Crippen molar-refractivity contribution in [1.82, 2.24) is 4.72 Å². The number of sulfonamides is 1. The number of nitrogens with two attached hydrogens (primary N) is 1. The lowest BCUT2D eigenvalue weighted by atomic mass is 10.1. The van der Waals surface area contributed by atoms with Gasteiger partial charge in [-0.1, -0.05) is 6.42 Å². The molecule has 1 aromatic carbocycles. The second-order valence-electron chi connectivity index (χ2n) is 4.79. The lowest BCUT2D eigenvalue weighted by molar-refractivity contribution is 0.453. The molecule has 3 N–H and O–H groups in total. The Hall–Kier alpha value is -1.13. The molecule has 1 aromatic rings. The van der Waals surface area contributed by atoms with Crippen molar-refractivity contribution in [2.75, 3.05) is 6.54 Å². The number of nitrogens with zero attached hydrogens (tertiary/aromatic N) is 1. The molecule has 1 saturated carbocycles. The highest BCUT2D eigenvalue weighted by atomic mass is 35.5. The first-order valence-electron chi connectivity index (χ1n) is 6.29. The lowest BCUT2D eigenvalue weighted by Gasteiger charge is -2.19. The molecular formula is C13H18ClN3O2S. The van der Waals surface area contributed by atoms with Crippen molar-refractivity contribution in [3.8, 4) is 6.07 Å². The lowest BCUT2D eigenvalue weighted by Crippen LogP contribution is -2.39. The normalized spacial score (nSPS) is 22.0. The average molecular weight is 316 g/mol. The summed E-state index contributed by atoms with van der Waals surface area (Å²) < 4.78 is 27.1. The van der Waals surface area contributed by atoms with Crippen molar-refractivity contribution in [3.05, 3.63) is 29.8 Å². The van der Waals surface area contributed by atoms with Crippen molar-refractivity contribution in [1.29, 1.82) is 5.26 Å². The molecule has 1 fully saturated rings. The quantitative estimate of drug-likeness (QED) is 0.877. The number of nitrogens with one attached hydrogen (secondary N) is 1. The SMILES string of the molecule is Cl.N#Cc1ccc(S(=O)(=O)NC2CCCC2CN)cc1. The van der Waals surface area contributed by atoms with E-state index in [1.807, 2.05) is 6.07 Å². The van der Waals surface area contributed by atoms with Gasteiger partial charge in [0.2, 0.25) is 10.0 Å². The fourth-order valence-electron chi connectivity index (χ4n) is 2.45. The van der Waals surface area contributed by atoms with E-state index >= 15 is 0 Å². The molecule has 0 aromatic heterocycles. The molecule has 0 heterocycles. The Kier molecular flexibility index (Phi) is 5.96. The van der Waals surface area contributed by atoms with Crippen LogP contribution in [0.3, 0.4) is 0 Å². The van der Waals surface area contributed by atoms with Crippen LogP contribution in [0.15, 0.2) is 29.2 Å². The van der Waals surface area contributed by atoms with Gasteiger partial charge in [0, 0.05) is 6.04 Å². The fourth-order valence-corrected chi connectivity index (χ4v) is 3.79. The van der Waals surface area contributed by atoms with Gasteiger partial charge in [-0.3, -0.25) is 0 Å². The van der Waals surface area contributed by atoms with E-state index in [1.165, 1.54) is 24.3 Å². The van der Waals surface area contributed by atoms with Gasteiger partial charge in [-0.25, -0.2) is 13.1 Å². The van der Waals surface area contributed by atoms with Crippen LogP contribution in [-0.2, 0) is 10.0 Å². The molecule has 1 aliphatic carbocycles. The Morgan fingerprint density at radius 2 is 1.95 bits per heavy atom. The summed E-state index contributed by atoms with van der Waals surface area (Å²) in [4.78, 5) is 0.189. The molecule has 110 valence electrons. The molecule has 2 unspecified atom stereocenters. The Morgan fingerprint density at radius 3 is 2.50 bits per heavy atom. The third-order valence-corrected chi connectivity index (χ3v) is 5.07. The smallest absolute Gasteiger partial charge is 0.240 e. The van der Waals surface area contributed by atoms with Gasteiger partial charge < -0.3 is 5.73 Å². The van der Waals surface area contributed by atoms with Crippen LogP contribution in [0.2, 0.25) is 0 Å². The van der Waals surface area contributed by atoms with Crippen LogP contribution in [0.25, 0.3) is 0 Å². The van der Waals surface area contributed by atoms with E-state index in [9.17, 15) is 8.42 Å². The first-order valence-corrected chi connectivity index (χ1v) is 7.77. The van der Waals surface area contributed by atoms with Gasteiger partial charge >= 0.3 is 0 Å². The third kappa shape index (κ3) is 3.70. The van der Waals surface area contributed by atoms with Crippen LogP contribution in [0.1, 0.15) is 24.8 Å². The summed E-state index contributed by atoms with van der Waals surface area (Å²) in [6.45, 7) is 0.501. The maximum atomic E-state index is 12.2. The highest BCUT2D eigenvalue weighted by Crippen LogP contribution is 2.26. The molecule has 2 rings (SSSR count). The molecule has 7 heteroatoms. The molecule has 2 atom stereocenters. The maximum absolute atomic E-state index is 12.2. The Labute approximate surface area is 125 Å². The van der Waals surface area contributed by atoms with Crippen LogP contribution in [0.4, 0.5) is 0 Å². The van der Waals surface area contributed by atoms with Gasteiger partial charge in [-0.05, 0) is 49.6 Å². The van der Waals surface area contributed by atoms with Crippen LogP contribution >= 0.6 is 12.4 Å². The van der Waals surface area contributed by atoms with Gasteiger partial charge in [0.15, 0.2) is 0 Å². The van der Waals surface area contributed by atoms with Crippen molar-refractivity contribution in [2.24, 2.45) is 11.7 Å². The summed E-state index contributed by atoms with van der Waals surface area (Å²) in [6, 6.07) is 7.80. The van der Waals surface area contributed by atoms with E-state index in [2.05, 4.69) is 4.72 Å². The highest BCUT2D eigenvalue weighted by molar-refractivity contribution is 7.89. The maximum Gasteiger partial charge on any atom is 0.240 e. The molecule has 0 amide bonds. The zero-order valence-corrected chi connectivity index (χ0v) is 12.6. The van der Waals surface area contributed by atoms with Crippen LogP contribution in [0, 0.1) is 17.2 Å². The highest BCUT2D eigenvalue weighted by Gasteiger charge is 2.30. The van der Waals surface area contributed by atoms with E-state index in [-0.39, 0.29) is 29.3 Å². The Morgan fingerprint density at radius 1 is 1.30 bits per heavy atom. The van der Waals surface area contributed by atoms with Gasteiger partial charge in [0.1, 0.15) is 0 Å². The zero-order chi connectivity index (χ0) is 13.9. The largest absolute Gasteiger partial charge is 0.330 e. The number of rotatable bonds is 4. The molecule has 0 aliphatic heterocycles. The van der Waals surface area contributed by atoms with Crippen LogP contribution in [-0.4, -0.2) is 21.0 Å². The summed E-state index contributed by atoms with van der Waals surface area (Å²) >= 11 is 0. The van der Waals surface area contributed by atoms with Crippen molar-refractivity contribution in [2.45, 2.75) is 30.2 Å². The predicted molar refractivity (Wildman–Crippen MR) is 78.9 cm³/mol. The van der Waals surface area contributed by atoms with E-state index in [4.69, 9.17) is 11.0 Å². The second kappa shape index (κ2) is 7.04. The average Bonchev–Trinajstić information content (AvgIpc) is 2.85. The topological polar surface area (TPSA) is 96.0 Å². The number of nitriles is 1. The van der Waals surface area contributed by atoms with Gasteiger partial charge in [-0.15, -0.1) is 12.4 Å². The van der Waals surface area contributed by atoms with E-state index in [0.717, 1.165) is 19.3 Å². The zero-order valence-electron chi connectivity index (χ0n) is 11.0. The summed E-state index contributed by atoms with van der Waals surface area (Å²) in [5, 5.41) is 8.70. The molecule has 0 bridgehead atoms. The predicted octanol–water partition coefficient (Wildman–Crippen LogP) is 1.39. The standard InChI is InChI=1S/C13H17N3O2S.ClH/c14-8-10-4-6-12(7-5-10)19(17,18)16-13-3-1-2-11(13)9-15;/h4-7,11,13,16H,1-3,9,15H2;1H. The van der Waals surface area contributed by atoms with Gasteiger partial charge in [-0.2, -0.15) is 5.26 Å². The van der Waals surface area contributed by atoms with Crippen LogP contribution < -0.4 is 10.5 Å². The van der Waals surface area contributed by atoms with E-state index in [0.29, 0.717) is 12.1 Å². The number of hydrogen-bond donors (Lipinski definition) is 2. The van der Waals surface area contributed by atoms with Gasteiger partial charge in [0.25, 0.3) is 0 Å². The molecule has 0 radical (unpaired) electrons. The van der Waals surface area contributed by atoms with E-state index in [1.54, 1.807) is 0 Å². The Balaban J connectivity index is 0.00000200. The molecule has 5 nitrogen and oxygen atoms in total. The monoisotopic (exact) mass is 315 g/mol. The summed E-state index contributed by atoms with van der Waals surface area (Å²) in [6.07, 6.45) is 2.80. The summed E-state index contributed by atoms with van der Waals surface area (Å²) in [5.74, 6) is 0.216. The van der Waals surface area contributed by atoms with Gasteiger partial charge in [0.05, 0.1) is 16.5 Å². The molecule has 0 spiro atoms. The van der Waals surface area contributed by atoms with Crippen molar-refractivity contribution < 1.29 is 8.42 Å². The van der Waals surface area contributed by atoms with Crippen LogP contribution in [0.5, 0.6) is 0 Å². The molecular weight excluding hydrogens is 298 g/mol. The third-order valence-electron chi connectivity index (χ3n) is 3.56. The molecule has 1 aliphatic rings. The minimum Gasteiger partial charge on any atom is -0.330 e. The summed E-state index contributed by atoms with van der Waals surface area (Å²) in [7, 11) is -3.53. The minimum absolute atomic E-state index is 0. The molecule has 20 heavy (non-hydrogen) atoms. The molecule has 0 saturated heterocycles. The minimum atomic E-state index is -3.53. The second-order valence-corrected chi connectivity index (χ2v) is 6.50. The first-order chi connectivity index (χ1) is 9.06. The summed E-state index contributed by atoms with van der Waals surface area (Å²) in [5.41, 5.74) is 6.09. The van der Waals surface area contributed by atoms with Crippen molar-refractivity contribution in [3.63, 3.8) is 0 Å². The first kappa shape index (κ1) is 16.9. The van der Waals surface area contributed by atoms with E-state index < -0.39 is 10.0 Å². The number of benzene rings is 1. The van der Waals surface area contributed by atoms with Crippen molar-refractivity contribution >= 4 is 22.4 Å². The Bertz CT molecular complexity index is 581.